The van der Waals surface area contributed by atoms with E-state index in [0.717, 1.165) is 27.4 Å². The second-order valence-electron chi connectivity index (χ2n) is 4.84. The van der Waals surface area contributed by atoms with Gasteiger partial charge in [-0.05, 0) is 29.3 Å². The number of benzene rings is 2. The molecule has 0 saturated carbocycles. The first-order valence-electron chi connectivity index (χ1n) is 6.73. The highest BCUT2D eigenvalue weighted by atomic mass is 32.1. The average Bonchev–Trinajstić information content (AvgIpc) is 2.96. The number of hydrogen-bond acceptors (Lipinski definition) is 3. The van der Waals surface area contributed by atoms with Crippen LogP contribution < -0.4 is 5.73 Å². The Hall–Kier alpha value is -2.04. The van der Waals surface area contributed by atoms with E-state index in [2.05, 4.69) is 11.1 Å². The fraction of sp³-hybridized carbons (Fsp3) is 0.118. The van der Waals surface area contributed by atoms with Crippen LogP contribution in [0.3, 0.4) is 0 Å². The third-order valence-corrected chi connectivity index (χ3v) is 4.10. The van der Waals surface area contributed by atoms with Gasteiger partial charge in [0.2, 0.25) is 0 Å². The molecule has 3 rings (SSSR count). The monoisotopic (exact) mass is 298 g/mol. The molecule has 2 nitrogen and oxygen atoms in total. The summed E-state index contributed by atoms with van der Waals surface area (Å²) < 4.78 is 13.2. The van der Waals surface area contributed by atoms with Crippen molar-refractivity contribution < 1.29 is 4.39 Å². The van der Waals surface area contributed by atoms with Gasteiger partial charge in [-0.25, -0.2) is 9.37 Å². The van der Waals surface area contributed by atoms with Crippen LogP contribution in [-0.4, -0.2) is 4.98 Å². The van der Waals surface area contributed by atoms with Crippen molar-refractivity contribution >= 4 is 11.3 Å². The van der Waals surface area contributed by atoms with Crippen LogP contribution in [0, 0.1) is 5.82 Å². The highest BCUT2D eigenvalue weighted by Gasteiger charge is 2.06. The van der Waals surface area contributed by atoms with Gasteiger partial charge in [-0.15, -0.1) is 11.3 Å². The summed E-state index contributed by atoms with van der Waals surface area (Å²) in [6.07, 6.45) is 0.652. The second-order valence-corrected chi connectivity index (χ2v) is 5.78. The summed E-state index contributed by atoms with van der Waals surface area (Å²) in [6.45, 7) is 0.522. The largest absolute Gasteiger partial charge is 0.326 e. The predicted molar refractivity (Wildman–Crippen MR) is 84.6 cm³/mol. The summed E-state index contributed by atoms with van der Waals surface area (Å²) in [4.78, 5) is 4.64. The van der Waals surface area contributed by atoms with Crippen LogP contribution in [-0.2, 0) is 13.0 Å². The molecule has 0 amide bonds. The van der Waals surface area contributed by atoms with E-state index < -0.39 is 0 Å². The molecule has 3 aromatic rings. The SMILES string of the molecule is NCc1cccc(-c2csc(Cc3cccc(F)c3)n2)c1. The average molecular weight is 298 g/mol. The van der Waals surface area contributed by atoms with Crippen LogP contribution >= 0.6 is 11.3 Å². The number of hydrogen-bond donors (Lipinski definition) is 1. The molecule has 0 aliphatic rings. The molecule has 0 spiro atoms. The first-order chi connectivity index (χ1) is 10.2. The Morgan fingerprint density at radius 1 is 1.05 bits per heavy atom. The van der Waals surface area contributed by atoms with Gasteiger partial charge in [-0.3, -0.25) is 0 Å². The number of rotatable bonds is 4. The van der Waals surface area contributed by atoms with Crippen molar-refractivity contribution in [1.29, 1.82) is 0 Å². The summed E-state index contributed by atoms with van der Waals surface area (Å²) in [7, 11) is 0. The minimum Gasteiger partial charge on any atom is -0.326 e. The number of thiazole rings is 1. The molecule has 0 unspecified atom stereocenters. The maximum absolute atomic E-state index is 13.2. The van der Waals surface area contributed by atoms with Crippen molar-refractivity contribution in [2.45, 2.75) is 13.0 Å². The second kappa shape index (κ2) is 6.16. The topological polar surface area (TPSA) is 38.9 Å². The third-order valence-electron chi connectivity index (χ3n) is 3.25. The predicted octanol–water partition coefficient (Wildman–Crippen LogP) is 4.00. The van der Waals surface area contributed by atoms with Crippen LogP contribution in [0.5, 0.6) is 0 Å². The summed E-state index contributed by atoms with van der Waals surface area (Å²) in [6, 6.07) is 14.7. The fourth-order valence-electron chi connectivity index (χ4n) is 2.20. The van der Waals surface area contributed by atoms with Gasteiger partial charge in [0.1, 0.15) is 5.82 Å². The van der Waals surface area contributed by atoms with Crippen molar-refractivity contribution in [2.75, 3.05) is 0 Å². The molecule has 2 aromatic carbocycles. The van der Waals surface area contributed by atoms with E-state index in [9.17, 15) is 4.39 Å². The van der Waals surface area contributed by atoms with E-state index in [4.69, 9.17) is 5.73 Å². The number of aromatic nitrogens is 1. The third kappa shape index (κ3) is 3.35. The highest BCUT2D eigenvalue weighted by molar-refractivity contribution is 7.10. The Balaban J connectivity index is 1.82. The minimum atomic E-state index is -0.208. The number of nitrogens with two attached hydrogens (primary N) is 1. The molecule has 1 aromatic heterocycles. The Labute approximate surface area is 127 Å². The first-order valence-corrected chi connectivity index (χ1v) is 7.61. The standard InChI is InChI=1S/C17H15FN2S/c18-15-6-2-3-12(8-15)9-17-20-16(11-21-17)14-5-1-4-13(7-14)10-19/h1-8,11H,9-10,19H2. The lowest BCUT2D eigenvalue weighted by atomic mass is 10.1. The van der Waals surface area contributed by atoms with E-state index >= 15 is 0 Å². The summed E-state index contributed by atoms with van der Waals surface area (Å²) in [5.74, 6) is -0.208. The maximum atomic E-state index is 13.2. The lowest BCUT2D eigenvalue weighted by Crippen LogP contribution is -1.95. The molecule has 2 N–H and O–H groups in total. The lowest BCUT2D eigenvalue weighted by Gasteiger charge is -2.00. The maximum Gasteiger partial charge on any atom is 0.123 e. The van der Waals surface area contributed by atoms with E-state index in [1.165, 1.54) is 6.07 Å². The zero-order chi connectivity index (χ0) is 14.7. The smallest absolute Gasteiger partial charge is 0.123 e. The molecule has 0 radical (unpaired) electrons. The molecule has 106 valence electrons. The van der Waals surface area contributed by atoms with Gasteiger partial charge in [0.25, 0.3) is 0 Å². The molecule has 0 bridgehead atoms. The van der Waals surface area contributed by atoms with Crippen LogP contribution in [0.25, 0.3) is 11.3 Å². The van der Waals surface area contributed by atoms with Crippen molar-refractivity contribution in [3.8, 4) is 11.3 Å². The molecule has 0 fully saturated rings. The minimum absolute atomic E-state index is 0.208. The van der Waals surface area contributed by atoms with Gasteiger partial charge in [0.05, 0.1) is 10.7 Å². The Morgan fingerprint density at radius 2 is 1.86 bits per heavy atom. The molecule has 0 aliphatic carbocycles. The lowest BCUT2D eigenvalue weighted by molar-refractivity contribution is 0.626. The number of nitrogens with zero attached hydrogens (tertiary/aromatic N) is 1. The van der Waals surface area contributed by atoms with Gasteiger partial charge in [-0.1, -0.05) is 30.3 Å². The quantitative estimate of drug-likeness (QED) is 0.790. The molecule has 0 saturated heterocycles. The van der Waals surface area contributed by atoms with E-state index in [0.29, 0.717) is 13.0 Å². The Morgan fingerprint density at radius 3 is 2.67 bits per heavy atom. The van der Waals surface area contributed by atoms with Crippen LogP contribution in [0.4, 0.5) is 4.39 Å². The zero-order valence-corrected chi connectivity index (χ0v) is 12.2. The Bertz CT molecular complexity index is 752. The molecule has 1 heterocycles. The molecular formula is C17H15FN2S. The zero-order valence-electron chi connectivity index (χ0n) is 11.4. The van der Waals surface area contributed by atoms with E-state index in [1.807, 2.05) is 29.6 Å². The van der Waals surface area contributed by atoms with Crippen molar-refractivity contribution in [2.24, 2.45) is 5.73 Å². The molecule has 4 heteroatoms. The normalized spacial score (nSPS) is 10.8. The van der Waals surface area contributed by atoms with Gasteiger partial charge in [-0.2, -0.15) is 0 Å². The van der Waals surface area contributed by atoms with Crippen molar-refractivity contribution in [3.05, 3.63) is 75.9 Å². The van der Waals surface area contributed by atoms with Gasteiger partial charge < -0.3 is 5.73 Å². The summed E-state index contributed by atoms with van der Waals surface area (Å²) in [5, 5.41) is 3.01. The van der Waals surface area contributed by atoms with Crippen LogP contribution in [0.1, 0.15) is 16.1 Å². The summed E-state index contributed by atoms with van der Waals surface area (Å²) in [5.41, 5.74) is 9.71. The van der Waals surface area contributed by atoms with E-state index in [1.54, 1.807) is 23.5 Å². The Kier molecular flexibility index (Phi) is 4.08. The van der Waals surface area contributed by atoms with Crippen LogP contribution in [0.2, 0.25) is 0 Å². The van der Waals surface area contributed by atoms with Crippen LogP contribution in [0.15, 0.2) is 53.9 Å². The number of halogens is 1. The van der Waals surface area contributed by atoms with Crippen molar-refractivity contribution in [3.63, 3.8) is 0 Å². The molecule has 21 heavy (non-hydrogen) atoms. The van der Waals surface area contributed by atoms with Gasteiger partial charge >= 0.3 is 0 Å². The molecule has 0 atom stereocenters. The van der Waals surface area contributed by atoms with E-state index in [-0.39, 0.29) is 5.82 Å². The molecular weight excluding hydrogens is 283 g/mol. The fourth-order valence-corrected chi connectivity index (χ4v) is 3.04. The van der Waals surface area contributed by atoms with Gasteiger partial charge in [0, 0.05) is 23.9 Å². The summed E-state index contributed by atoms with van der Waals surface area (Å²) >= 11 is 1.59. The molecule has 0 aliphatic heterocycles. The highest BCUT2D eigenvalue weighted by Crippen LogP contribution is 2.24. The first kappa shape index (κ1) is 13.9. The van der Waals surface area contributed by atoms with Gasteiger partial charge in [0.15, 0.2) is 0 Å². The van der Waals surface area contributed by atoms with Crippen molar-refractivity contribution in [1.82, 2.24) is 4.98 Å².